The first-order chi connectivity index (χ1) is 16.3. The molecular weight excluding hydrogens is 573 g/mol. The van der Waals surface area contributed by atoms with Crippen LogP contribution in [0.4, 0.5) is 0 Å². The number of aliphatic carboxylic acids is 1. The number of ether oxygens (including phenoxy) is 1. The fourth-order valence-corrected chi connectivity index (χ4v) is 27.4. The van der Waals surface area contributed by atoms with Gasteiger partial charge in [0, 0.05) is 18.5 Å². The lowest BCUT2D eigenvalue weighted by atomic mass is 10.3. The van der Waals surface area contributed by atoms with E-state index in [-0.39, 0.29) is 12.5 Å². The van der Waals surface area contributed by atoms with E-state index in [2.05, 4.69) is 85.1 Å². The van der Waals surface area contributed by atoms with E-state index >= 15 is 0 Å². The van der Waals surface area contributed by atoms with Crippen LogP contribution in [0.15, 0.2) is 12.2 Å². The van der Waals surface area contributed by atoms with Gasteiger partial charge in [0.1, 0.15) is 0 Å². The molecule has 0 saturated carbocycles. The van der Waals surface area contributed by atoms with Crippen molar-refractivity contribution in [1.82, 2.24) is 0 Å². The molecule has 0 rings (SSSR count). The molecule has 0 heterocycles. The van der Waals surface area contributed by atoms with Crippen LogP contribution in [0.25, 0.3) is 0 Å². The molecule has 37 heavy (non-hydrogen) atoms. The van der Waals surface area contributed by atoms with E-state index in [0.29, 0.717) is 25.1 Å². The predicted molar refractivity (Wildman–Crippen MR) is 167 cm³/mol. The Hall–Kier alpha value is 0.271. The molecular formula is C23H56O8Si6. The molecule has 0 amide bonds. The highest BCUT2D eigenvalue weighted by Crippen LogP contribution is 2.36. The van der Waals surface area contributed by atoms with E-state index in [4.69, 9.17) is 25.3 Å². The van der Waals surface area contributed by atoms with Crippen molar-refractivity contribution in [3.8, 4) is 0 Å². The number of hydrogen-bond acceptors (Lipinski definition) is 7. The van der Waals surface area contributed by atoms with Gasteiger partial charge in [0.05, 0.1) is 12.7 Å². The molecule has 1 atom stereocenters. The first-order valence-electron chi connectivity index (χ1n) is 13.2. The molecule has 0 aliphatic carbocycles. The molecule has 0 spiro atoms. The number of carboxylic acid groups (broad SMARTS) is 1. The third-order valence-corrected chi connectivity index (χ3v) is 23.5. The Morgan fingerprint density at radius 2 is 1.11 bits per heavy atom. The summed E-state index contributed by atoms with van der Waals surface area (Å²) in [6.45, 7) is 33.9. The van der Waals surface area contributed by atoms with Crippen LogP contribution in [0, 0.1) is 0 Å². The summed E-state index contributed by atoms with van der Waals surface area (Å²) in [7, 11) is -15.6. The number of hydrogen-bond donors (Lipinski definition) is 1. The second-order valence-electron chi connectivity index (χ2n) is 13.9. The molecule has 14 heteroatoms. The van der Waals surface area contributed by atoms with Gasteiger partial charge < -0.3 is 30.4 Å². The summed E-state index contributed by atoms with van der Waals surface area (Å²) in [5, 5.41) is 9.39. The molecule has 1 N–H and O–H groups in total. The standard InChI is InChI=1S/C23H56O8Si6/c1-21(2)19-26-22(3)20-37(29-34(10,11)12,30-35(13,14)15)31-36(27-32(4,5)6,28-33(7,8)9)18-16-17-23(24)25/h22H,1,16-20H2,2-15H3,(H,24,25). The van der Waals surface area contributed by atoms with Crippen molar-refractivity contribution < 1.29 is 35.2 Å². The smallest absolute Gasteiger partial charge is 0.475 e. The van der Waals surface area contributed by atoms with Crippen LogP contribution < -0.4 is 0 Å². The van der Waals surface area contributed by atoms with E-state index in [1.54, 1.807) is 0 Å². The molecule has 0 saturated heterocycles. The van der Waals surface area contributed by atoms with E-state index in [0.717, 1.165) is 5.57 Å². The van der Waals surface area contributed by atoms with Crippen LogP contribution in [-0.2, 0) is 30.1 Å². The van der Waals surface area contributed by atoms with Crippen molar-refractivity contribution in [3.05, 3.63) is 12.2 Å². The highest BCUT2D eigenvalue weighted by atomic mass is 28.5. The molecule has 0 aliphatic rings. The topological polar surface area (TPSA) is 92.7 Å². The fraction of sp³-hybridized carbons (Fsp3) is 0.870. The number of carboxylic acids is 1. The van der Waals surface area contributed by atoms with Gasteiger partial charge >= 0.3 is 23.6 Å². The molecule has 0 bridgehead atoms. The van der Waals surface area contributed by atoms with Crippen LogP contribution in [-0.4, -0.2) is 74.7 Å². The zero-order valence-electron chi connectivity index (χ0n) is 26.1. The highest BCUT2D eigenvalue weighted by molar-refractivity contribution is 6.92. The van der Waals surface area contributed by atoms with Crippen LogP contribution >= 0.6 is 0 Å². The summed E-state index contributed by atoms with van der Waals surface area (Å²) in [5.74, 6) is -0.842. The third-order valence-electron chi connectivity index (χ3n) is 4.18. The van der Waals surface area contributed by atoms with Crippen LogP contribution in [0.3, 0.4) is 0 Å². The van der Waals surface area contributed by atoms with Crippen LogP contribution in [0.5, 0.6) is 0 Å². The average molecular weight is 629 g/mol. The molecule has 0 radical (unpaired) electrons. The minimum Gasteiger partial charge on any atom is -0.481 e. The average Bonchev–Trinajstić information content (AvgIpc) is 2.52. The molecule has 0 aliphatic heterocycles. The van der Waals surface area contributed by atoms with Gasteiger partial charge in [-0.3, -0.25) is 4.79 Å². The van der Waals surface area contributed by atoms with Crippen molar-refractivity contribution >= 4 is 56.8 Å². The van der Waals surface area contributed by atoms with Crippen molar-refractivity contribution in [2.45, 2.75) is 123 Å². The second-order valence-corrected chi connectivity index (χ2v) is 38.5. The van der Waals surface area contributed by atoms with E-state index < -0.39 is 56.8 Å². The maximum Gasteiger partial charge on any atom is 0.475 e. The number of carbonyl (C=O) groups is 1. The summed E-state index contributed by atoms with van der Waals surface area (Å²) in [5.41, 5.74) is 0.943. The Bertz CT molecular complexity index is 705. The van der Waals surface area contributed by atoms with E-state index in [9.17, 15) is 9.90 Å². The normalized spacial score (nSPS) is 15.1. The zero-order chi connectivity index (χ0) is 29.5. The molecule has 8 nitrogen and oxygen atoms in total. The van der Waals surface area contributed by atoms with Gasteiger partial charge in [-0.2, -0.15) is 0 Å². The highest BCUT2D eigenvalue weighted by Gasteiger charge is 2.59. The maximum atomic E-state index is 11.4. The Balaban J connectivity index is 6.92. The summed E-state index contributed by atoms with van der Waals surface area (Å²) < 4.78 is 41.0. The van der Waals surface area contributed by atoms with E-state index in [1.807, 2.05) is 13.8 Å². The Morgan fingerprint density at radius 1 is 0.730 bits per heavy atom. The Morgan fingerprint density at radius 3 is 1.43 bits per heavy atom. The summed E-state index contributed by atoms with van der Waals surface area (Å²) in [4.78, 5) is 11.4. The lowest BCUT2D eigenvalue weighted by Crippen LogP contribution is -2.67. The van der Waals surface area contributed by atoms with Gasteiger partial charge in [-0.15, -0.1) is 0 Å². The van der Waals surface area contributed by atoms with Gasteiger partial charge in [0.25, 0.3) is 0 Å². The van der Waals surface area contributed by atoms with E-state index in [1.165, 1.54) is 0 Å². The molecule has 0 aromatic carbocycles. The molecule has 220 valence electrons. The fourth-order valence-electron chi connectivity index (χ4n) is 3.66. The summed E-state index contributed by atoms with van der Waals surface area (Å²) in [6.07, 6.45) is 0.238. The molecule has 1 unspecified atom stereocenters. The van der Waals surface area contributed by atoms with Gasteiger partial charge in [0.15, 0.2) is 33.3 Å². The zero-order valence-corrected chi connectivity index (χ0v) is 32.1. The quantitative estimate of drug-likeness (QED) is 0.119. The first kappa shape index (κ1) is 37.3. The predicted octanol–water partition coefficient (Wildman–Crippen LogP) is 7.13. The third kappa shape index (κ3) is 19.1. The summed E-state index contributed by atoms with van der Waals surface area (Å²) >= 11 is 0. The Labute approximate surface area is 233 Å². The minimum absolute atomic E-state index is 0.0265. The summed E-state index contributed by atoms with van der Waals surface area (Å²) in [6, 6.07) is 0.875. The first-order valence-corrected chi connectivity index (χ1v) is 30.7. The largest absolute Gasteiger partial charge is 0.481 e. The SMILES string of the molecule is C=C(C)COC(C)C[Si](O[Si](C)(C)C)(O[Si](C)(C)C)O[Si](CCCC(=O)O)(O[Si](C)(C)C)O[Si](C)(C)C. The molecule has 0 aromatic rings. The van der Waals surface area contributed by atoms with Gasteiger partial charge in [-0.05, 0) is 98.8 Å². The van der Waals surface area contributed by atoms with Crippen LogP contribution in [0.1, 0.15) is 26.7 Å². The van der Waals surface area contributed by atoms with Crippen molar-refractivity contribution in [2.24, 2.45) is 0 Å². The lowest BCUT2D eigenvalue weighted by molar-refractivity contribution is -0.137. The van der Waals surface area contributed by atoms with Crippen molar-refractivity contribution in [2.75, 3.05) is 6.61 Å². The minimum atomic E-state index is -3.44. The van der Waals surface area contributed by atoms with Gasteiger partial charge in [-0.25, -0.2) is 0 Å². The van der Waals surface area contributed by atoms with Crippen LogP contribution in [0.2, 0.25) is 90.7 Å². The lowest BCUT2D eigenvalue weighted by Gasteiger charge is -2.47. The Kier molecular flexibility index (Phi) is 14.4. The number of rotatable bonds is 19. The van der Waals surface area contributed by atoms with Crippen molar-refractivity contribution in [1.29, 1.82) is 0 Å². The maximum absolute atomic E-state index is 11.4. The second kappa shape index (κ2) is 14.3. The monoisotopic (exact) mass is 628 g/mol. The molecule has 0 aromatic heterocycles. The van der Waals surface area contributed by atoms with Gasteiger partial charge in [-0.1, -0.05) is 12.2 Å². The van der Waals surface area contributed by atoms with Gasteiger partial charge in [0.2, 0.25) is 0 Å². The van der Waals surface area contributed by atoms with Crippen molar-refractivity contribution in [3.63, 3.8) is 0 Å². The molecule has 0 fully saturated rings.